The highest BCUT2D eigenvalue weighted by Gasteiger charge is 2.29. The van der Waals surface area contributed by atoms with Crippen LogP contribution < -0.4 is 20.3 Å². The first-order chi connectivity index (χ1) is 28.6. The highest BCUT2D eigenvalue weighted by atomic mass is 35.5. The number of halogens is 3. The van der Waals surface area contributed by atoms with E-state index in [4.69, 9.17) is 30.9 Å². The third-order valence-electron chi connectivity index (χ3n) is 10.9. The van der Waals surface area contributed by atoms with Crippen molar-refractivity contribution in [1.82, 2.24) is 29.2 Å². The van der Waals surface area contributed by atoms with Gasteiger partial charge >= 0.3 is 0 Å². The largest absolute Gasteiger partial charge is 0.494 e. The van der Waals surface area contributed by atoms with E-state index in [0.717, 1.165) is 69.9 Å². The average molecular weight is 842 g/mol. The fourth-order valence-corrected chi connectivity index (χ4v) is 8.50. The Morgan fingerprint density at radius 1 is 0.949 bits per heavy atom. The smallest absolute Gasteiger partial charge is 0.255 e. The summed E-state index contributed by atoms with van der Waals surface area (Å²) in [5, 5.41) is 6.20. The Balaban J connectivity index is 0.999. The number of hydrogen-bond acceptors (Lipinski definition) is 10. The molecule has 17 heteroatoms. The van der Waals surface area contributed by atoms with Crippen molar-refractivity contribution in [3.8, 4) is 28.4 Å². The van der Waals surface area contributed by atoms with Gasteiger partial charge in [-0.25, -0.2) is 27.9 Å². The van der Waals surface area contributed by atoms with Crippen LogP contribution in [-0.4, -0.2) is 109 Å². The highest BCUT2D eigenvalue weighted by molar-refractivity contribution is 7.79. The molecule has 3 aromatic carbocycles. The van der Waals surface area contributed by atoms with E-state index in [0.29, 0.717) is 57.3 Å². The van der Waals surface area contributed by atoms with Gasteiger partial charge in [0.1, 0.15) is 28.7 Å². The highest BCUT2D eigenvalue weighted by Crippen LogP contribution is 2.40. The average Bonchev–Trinajstić information content (AvgIpc) is 3.65. The first-order valence-corrected chi connectivity index (χ1v) is 20.9. The zero-order chi connectivity index (χ0) is 41.0. The quantitative estimate of drug-likeness (QED) is 0.108. The summed E-state index contributed by atoms with van der Waals surface area (Å²) in [5.41, 5.74) is 4.04. The number of piperidine rings is 1. The van der Waals surface area contributed by atoms with Crippen LogP contribution in [0.3, 0.4) is 0 Å². The molecular weight excluding hydrogens is 800 g/mol. The minimum absolute atomic E-state index is 0.181. The van der Waals surface area contributed by atoms with Crippen LogP contribution in [0.4, 0.5) is 31.8 Å². The molecule has 306 valence electrons. The maximum atomic E-state index is 14.3. The van der Waals surface area contributed by atoms with Gasteiger partial charge in [0.15, 0.2) is 11.1 Å². The number of aromatic nitrogens is 4. The van der Waals surface area contributed by atoms with Crippen LogP contribution in [-0.2, 0) is 11.1 Å². The van der Waals surface area contributed by atoms with Crippen molar-refractivity contribution < 1.29 is 27.1 Å². The first-order valence-electron chi connectivity index (χ1n) is 19.2. The maximum absolute atomic E-state index is 14.3. The lowest BCUT2D eigenvalue weighted by molar-refractivity contribution is 0.0881. The summed E-state index contributed by atoms with van der Waals surface area (Å²) in [6.07, 6.45) is 5.49. The number of methoxy groups -OCH3 is 1. The number of anilines is 4. The van der Waals surface area contributed by atoms with Gasteiger partial charge in [-0.05, 0) is 61.4 Å². The fourth-order valence-electron chi connectivity index (χ4n) is 7.81. The van der Waals surface area contributed by atoms with E-state index in [1.807, 2.05) is 40.9 Å². The summed E-state index contributed by atoms with van der Waals surface area (Å²) in [5.74, 6) is -1.30. The summed E-state index contributed by atoms with van der Waals surface area (Å²) >= 11 is 5.20. The van der Waals surface area contributed by atoms with Crippen molar-refractivity contribution >= 4 is 57.2 Å². The molecule has 5 heterocycles. The number of carbonyl (C=O) groups is 1. The minimum Gasteiger partial charge on any atom is -0.494 e. The number of hydrogen-bond donors (Lipinski definition) is 3. The Labute approximate surface area is 347 Å². The van der Waals surface area contributed by atoms with E-state index < -0.39 is 34.3 Å². The lowest BCUT2D eigenvalue weighted by Crippen LogP contribution is -2.53. The second-order valence-electron chi connectivity index (χ2n) is 14.4. The minimum atomic E-state index is -1.76. The Morgan fingerprint density at radius 2 is 1.71 bits per heavy atom. The van der Waals surface area contributed by atoms with Crippen molar-refractivity contribution in [2.75, 3.05) is 74.2 Å². The van der Waals surface area contributed by atoms with Crippen molar-refractivity contribution in [1.29, 1.82) is 0 Å². The monoisotopic (exact) mass is 841 g/mol. The number of para-hydroxylation sites is 1. The molecule has 13 nitrogen and oxygen atoms in total. The number of fused-ring (bicyclic) bond motifs is 1. The van der Waals surface area contributed by atoms with E-state index in [-0.39, 0.29) is 17.3 Å². The number of benzene rings is 3. The predicted octanol–water partition coefficient (Wildman–Crippen LogP) is 7.20. The molecule has 2 saturated heterocycles. The number of pyridine rings is 1. The van der Waals surface area contributed by atoms with Crippen LogP contribution in [0.25, 0.3) is 28.3 Å². The molecule has 0 bridgehead atoms. The second kappa shape index (κ2) is 17.8. The number of amides is 1. The van der Waals surface area contributed by atoms with E-state index in [1.165, 1.54) is 6.07 Å². The van der Waals surface area contributed by atoms with Crippen LogP contribution >= 0.6 is 11.6 Å². The molecule has 0 spiro atoms. The molecule has 59 heavy (non-hydrogen) atoms. The second-order valence-corrected chi connectivity index (χ2v) is 15.8. The zero-order valence-electron chi connectivity index (χ0n) is 32.2. The van der Waals surface area contributed by atoms with E-state index >= 15 is 0 Å². The van der Waals surface area contributed by atoms with Crippen LogP contribution in [0.5, 0.6) is 5.75 Å². The number of nitrogens with zero attached hydrogens (tertiary/aromatic N) is 7. The van der Waals surface area contributed by atoms with Gasteiger partial charge in [0.25, 0.3) is 5.91 Å². The number of ether oxygens (including phenoxy) is 1. The van der Waals surface area contributed by atoms with Crippen LogP contribution in [0.1, 0.15) is 23.2 Å². The SMILES string of the molecule is COc1cc(N2CCC(N3CCN(CCS(=O)O)CC3)CC2)c(Cl)cc1Nc1nccc(-c2c(-c3cccc(C(=O)Nc4c(F)cccc4F)c3)nc3ccccn23)n1. The summed E-state index contributed by atoms with van der Waals surface area (Å²) in [6, 6.07) is 21.6. The number of rotatable bonds is 12. The molecular formula is C42H42ClF2N9O4S. The summed E-state index contributed by atoms with van der Waals surface area (Å²) in [4.78, 5) is 34.6. The van der Waals surface area contributed by atoms with Crippen molar-refractivity contribution in [2.45, 2.75) is 18.9 Å². The molecule has 3 N–H and O–H groups in total. The molecule has 2 aliphatic heterocycles. The van der Waals surface area contributed by atoms with Gasteiger partial charge in [0.2, 0.25) is 5.95 Å². The predicted molar refractivity (Wildman–Crippen MR) is 226 cm³/mol. The molecule has 0 radical (unpaired) electrons. The molecule has 2 fully saturated rings. The zero-order valence-corrected chi connectivity index (χ0v) is 33.7. The normalized spacial score (nSPS) is 16.0. The van der Waals surface area contributed by atoms with Crippen molar-refractivity contribution in [2.24, 2.45) is 0 Å². The van der Waals surface area contributed by atoms with Gasteiger partial charge in [-0.1, -0.05) is 35.9 Å². The molecule has 1 unspecified atom stereocenters. The third kappa shape index (κ3) is 8.91. The molecule has 0 saturated carbocycles. The first kappa shape index (κ1) is 40.3. The van der Waals surface area contributed by atoms with E-state index in [1.54, 1.807) is 43.6 Å². The lowest BCUT2D eigenvalue weighted by Gasteiger charge is -2.43. The Hall–Kier alpha value is -5.52. The molecule has 0 aliphatic carbocycles. The maximum Gasteiger partial charge on any atom is 0.255 e. The molecule has 3 aromatic heterocycles. The third-order valence-corrected chi connectivity index (χ3v) is 11.7. The van der Waals surface area contributed by atoms with Crippen LogP contribution in [0.2, 0.25) is 5.02 Å². The van der Waals surface area contributed by atoms with Gasteiger partial charge in [0, 0.05) is 81.4 Å². The summed E-state index contributed by atoms with van der Waals surface area (Å²) in [6.45, 7) is 6.04. The number of piperazine rings is 1. The van der Waals surface area contributed by atoms with Crippen molar-refractivity contribution in [3.63, 3.8) is 0 Å². The van der Waals surface area contributed by atoms with Crippen LogP contribution in [0, 0.1) is 11.6 Å². The summed E-state index contributed by atoms with van der Waals surface area (Å²) in [7, 11) is 1.60. The molecule has 2 aliphatic rings. The van der Waals surface area contributed by atoms with E-state index in [9.17, 15) is 17.8 Å². The van der Waals surface area contributed by atoms with Gasteiger partial charge in [-0.2, -0.15) is 0 Å². The van der Waals surface area contributed by atoms with Gasteiger partial charge < -0.3 is 24.8 Å². The van der Waals surface area contributed by atoms with Gasteiger partial charge in [-0.15, -0.1) is 0 Å². The Bertz CT molecular complexity index is 2490. The van der Waals surface area contributed by atoms with Gasteiger partial charge in [0.05, 0.1) is 46.3 Å². The van der Waals surface area contributed by atoms with Gasteiger partial charge in [-0.3, -0.25) is 19.0 Å². The number of carbonyl (C=O) groups excluding carboxylic acids is 1. The standard InChI is InChI=1S/C42H42ClF2N9O4S/c1-58-36-26-35(53-16-12-29(13-17-53)52-20-18-51(19-21-52)22-23-59(56)57)30(43)25-34(36)48-42-46-14-11-33(47-42)40-38(49-37-10-2-3-15-54(37)40)27-6-4-7-28(24-27)41(55)50-39-31(44)8-5-9-32(39)45/h2-11,14-15,24-26,29H,12-13,16-23H2,1H3,(H,50,55)(H,56,57)(H,46,47,48). The molecule has 6 aromatic rings. The van der Waals surface area contributed by atoms with Crippen molar-refractivity contribution in [3.05, 3.63) is 113 Å². The molecule has 8 rings (SSSR count). The molecule has 1 atom stereocenters. The van der Waals surface area contributed by atoms with E-state index in [2.05, 4.69) is 30.3 Å². The topological polar surface area (TPSA) is 140 Å². The summed E-state index contributed by atoms with van der Waals surface area (Å²) < 4.78 is 56.7. The van der Waals surface area contributed by atoms with Crippen LogP contribution in [0.15, 0.2) is 91.3 Å². The fraction of sp³-hybridized carbons (Fsp3) is 0.286. The Morgan fingerprint density at radius 3 is 2.46 bits per heavy atom. The number of nitrogens with one attached hydrogen (secondary N) is 2. The molecule has 1 amide bonds. The lowest BCUT2D eigenvalue weighted by atomic mass is 10.0. The Kier molecular flexibility index (Phi) is 12.1. The number of imidazole rings is 1.